The van der Waals surface area contributed by atoms with E-state index in [2.05, 4.69) is 10.2 Å². The van der Waals surface area contributed by atoms with Gasteiger partial charge < -0.3 is 5.32 Å². The van der Waals surface area contributed by atoms with Gasteiger partial charge in [-0.15, -0.1) is 0 Å². The van der Waals surface area contributed by atoms with Gasteiger partial charge in [0.2, 0.25) is 5.91 Å². The van der Waals surface area contributed by atoms with Gasteiger partial charge in [-0.1, -0.05) is 17.7 Å². The zero-order valence-corrected chi connectivity index (χ0v) is 11.0. The molecular weight excluding hydrogens is 255 g/mol. The number of amides is 1. The lowest BCUT2D eigenvalue weighted by Crippen LogP contribution is -2.30. The highest BCUT2D eigenvalue weighted by molar-refractivity contribution is 6.31. The fraction of sp³-hybridized carbons (Fsp3) is 0.462. The first-order chi connectivity index (χ1) is 8.61. The summed E-state index contributed by atoms with van der Waals surface area (Å²) in [5, 5.41) is 3.09. The first kappa shape index (κ1) is 13.3. The summed E-state index contributed by atoms with van der Waals surface area (Å²) >= 11 is 5.99. The Kier molecular flexibility index (Phi) is 4.19. The molecule has 0 bridgehead atoms. The zero-order valence-electron chi connectivity index (χ0n) is 10.2. The first-order valence-corrected chi connectivity index (χ1v) is 6.36. The number of carbonyl (C=O) groups excluding carboxylic acids is 1. The lowest BCUT2D eigenvalue weighted by atomic mass is 10.1. The van der Waals surface area contributed by atoms with Gasteiger partial charge in [0.05, 0.1) is 5.92 Å². The van der Waals surface area contributed by atoms with E-state index in [9.17, 15) is 9.18 Å². The second-order valence-electron chi connectivity index (χ2n) is 4.54. The third-order valence-corrected chi connectivity index (χ3v) is 3.69. The monoisotopic (exact) mass is 270 g/mol. The number of rotatable bonds is 3. The summed E-state index contributed by atoms with van der Waals surface area (Å²) in [6.45, 7) is 1.91. The number of halogens is 2. The van der Waals surface area contributed by atoms with Crippen molar-refractivity contribution in [2.24, 2.45) is 5.92 Å². The van der Waals surface area contributed by atoms with Crippen LogP contribution in [-0.4, -0.2) is 30.9 Å². The topological polar surface area (TPSA) is 32.3 Å². The zero-order chi connectivity index (χ0) is 13.1. The summed E-state index contributed by atoms with van der Waals surface area (Å²) in [7, 11) is 1.64. The van der Waals surface area contributed by atoms with E-state index >= 15 is 0 Å². The van der Waals surface area contributed by atoms with Gasteiger partial charge >= 0.3 is 0 Å². The van der Waals surface area contributed by atoms with Crippen LogP contribution in [0.1, 0.15) is 12.0 Å². The molecule has 18 heavy (non-hydrogen) atoms. The second-order valence-corrected chi connectivity index (χ2v) is 4.94. The summed E-state index contributed by atoms with van der Waals surface area (Å²) in [6.07, 6.45) is 0.811. The van der Waals surface area contributed by atoms with Gasteiger partial charge in [-0.25, -0.2) is 4.39 Å². The quantitative estimate of drug-likeness (QED) is 0.912. The molecule has 1 saturated heterocycles. The van der Waals surface area contributed by atoms with Crippen LogP contribution in [0.2, 0.25) is 5.02 Å². The van der Waals surface area contributed by atoms with Gasteiger partial charge in [-0.2, -0.15) is 0 Å². The molecule has 1 unspecified atom stereocenters. The van der Waals surface area contributed by atoms with Gasteiger partial charge in [0.1, 0.15) is 5.82 Å². The molecule has 3 nitrogen and oxygen atoms in total. The number of hydrogen-bond acceptors (Lipinski definition) is 2. The van der Waals surface area contributed by atoms with Crippen LogP contribution in [-0.2, 0) is 11.3 Å². The normalized spacial score (nSPS) is 20.1. The molecule has 2 rings (SSSR count). The average molecular weight is 271 g/mol. The highest BCUT2D eigenvalue weighted by atomic mass is 35.5. The molecule has 0 aliphatic carbocycles. The molecule has 1 amide bonds. The van der Waals surface area contributed by atoms with E-state index in [1.807, 2.05) is 0 Å². The lowest BCUT2D eigenvalue weighted by Gasteiger charge is -2.17. The molecule has 98 valence electrons. The van der Waals surface area contributed by atoms with E-state index in [0.717, 1.165) is 13.0 Å². The Morgan fingerprint density at radius 1 is 1.61 bits per heavy atom. The molecule has 1 N–H and O–H groups in total. The predicted octanol–water partition coefficient (Wildman–Crippen LogP) is 2.05. The Balaban J connectivity index is 2.02. The maximum atomic E-state index is 13.6. The lowest BCUT2D eigenvalue weighted by molar-refractivity contribution is -0.124. The Morgan fingerprint density at radius 2 is 2.39 bits per heavy atom. The Morgan fingerprint density at radius 3 is 3.06 bits per heavy atom. The smallest absolute Gasteiger partial charge is 0.224 e. The van der Waals surface area contributed by atoms with Crippen LogP contribution in [0.4, 0.5) is 4.39 Å². The van der Waals surface area contributed by atoms with Crippen LogP contribution < -0.4 is 5.32 Å². The van der Waals surface area contributed by atoms with Crippen LogP contribution in [0.3, 0.4) is 0 Å². The third kappa shape index (κ3) is 2.82. The molecular formula is C13H16ClFN2O. The minimum atomic E-state index is -0.286. The van der Waals surface area contributed by atoms with Crippen LogP contribution >= 0.6 is 11.6 Å². The van der Waals surface area contributed by atoms with Gasteiger partial charge in [-0.3, -0.25) is 9.69 Å². The van der Waals surface area contributed by atoms with Gasteiger partial charge in [-0.05, 0) is 25.1 Å². The highest BCUT2D eigenvalue weighted by Crippen LogP contribution is 2.24. The summed E-state index contributed by atoms with van der Waals surface area (Å²) in [5.74, 6) is -0.233. The average Bonchev–Trinajstić information content (AvgIpc) is 2.81. The minimum absolute atomic E-state index is 0.000508. The molecule has 1 aliphatic heterocycles. The van der Waals surface area contributed by atoms with E-state index in [1.165, 1.54) is 6.07 Å². The Hall–Kier alpha value is -1.13. The van der Waals surface area contributed by atoms with Crippen molar-refractivity contribution in [3.05, 3.63) is 34.6 Å². The van der Waals surface area contributed by atoms with Crippen molar-refractivity contribution in [1.29, 1.82) is 0 Å². The van der Waals surface area contributed by atoms with Crippen LogP contribution in [0.5, 0.6) is 0 Å². The molecule has 0 spiro atoms. The first-order valence-electron chi connectivity index (χ1n) is 5.98. The molecule has 1 fully saturated rings. The summed E-state index contributed by atoms with van der Waals surface area (Å²) in [4.78, 5) is 13.6. The molecule has 1 atom stereocenters. The van der Waals surface area contributed by atoms with Crippen molar-refractivity contribution < 1.29 is 9.18 Å². The van der Waals surface area contributed by atoms with E-state index in [-0.39, 0.29) is 17.6 Å². The fourth-order valence-corrected chi connectivity index (χ4v) is 2.52. The molecule has 0 radical (unpaired) electrons. The van der Waals surface area contributed by atoms with Crippen LogP contribution in [0.15, 0.2) is 18.2 Å². The maximum absolute atomic E-state index is 13.6. The number of likely N-dealkylation sites (tertiary alicyclic amines) is 1. The largest absolute Gasteiger partial charge is 0.359 e. The molecule has 0 saturated carbocycles. The predicted molar refractivity (Wildman–Crippen MR) is 68.9 cm³/mol. The van der Waals surface area contributed by atoms with E-state index < -0.39 is 0 Å². The molecule has 1 aromatic rings. The fourth-order valence-electron chi connectivity index (χ4n) is 2.30. The minimum Gasteiger partial charge on any atom is -0.359 e. The highest BCUT2D eigenvalue weighted by Gasteiger charge is 2.28. The van der Waals surface area contributed by atoms with Crippen molar-refractivity contribution >= 4 is 17.5 Å². The number of hydrogen-bond donors (Lipinski definition) is 1. The van der Waals surface area contributed by atoms with E-state index in [4.69, 9.17) is 11.6 Å². The van der Waals surface area contributed by atoms with Crippen LogP contribution in [0.25, 0.3) is 0 Å². The number of nitrogens with one attached hydrogen (secondary N) is 1. The molecule has 1 aliphatic rings. The number of benzene rings is 1. The SMILES string of the molecule is CNC(=O)C1CCN(Cc2c(F)cccc2Cl)C1. The van der Waals surface area contributed by atoms with Crippen molar-refractivity contribution in [3.63, 3.8) is 0 Å². The van der Waals surface area contributed by atoms with Crippen molar-refractivity contribution in [1.82, 2.24) is 10.2 Å². The second kappa shape index (κ2) is 5.67. The Labute approximate surface area is 111 Å². The van der Waals surface area contributed by atoms with Gasteiger partial charge in [0.25, 0.3) is 0 Å². The standard InChI is InChI=1S/C13H16ClFN2O/c1-16-13(18)9-5-6-17(7-9)8-10-11(14)3-2-4-12(10)15/h2-4,9H,5-8H2,1H3,(H,16,18). The molecule has 1 heterocycles. The van der Waals surface area contributed by atoms with Gasteiger partial charge in [0.15, 0.2) is 0 Å². The van der Waals surface area contributed by atoms with Crippen molar-refractivity contribution in [2.75, 3.05) is 20.1 Å². The molecule has 1 aromatic carbocycles. The summed E-state index contributed by atoms with van der Waals surface area (Å²) in [5.41, 5.74) is 0.511. The third-order valence-electron chi connectivity index (χ3n) is 3.33. The van der Waals surface area contributed by atoms with Crippen molar-refractivity contribution in [2.45, 2.75) is 13.0 Å². The van der Waals surface area contributed by atoms with Gasteiger partial charge in [0, 0.05) is 30.7 Å². The Bertz CT molecular complexity index is 432. The summed E-state index contributed by atoms with van der Waals surface area (Å²) in [6, 6.07) is 4.69. The summed E-state index contributed by atoms with van der Waals surface area (Å²) < 4.78 is 13.6. The van der Waals surface area contributed by atoms with Crippen LogP contribution in [0, 0.1) is 11.7 Å². The molecule has 5 heteroatoms. The number of nitrogens with zero attached hydrogens (tertiary/aromatic N) is 1. The maximum Gasteiger partial charge on any atom is 0.224 e. The number of carbonyl (C=O) groups is 1. The van der Waals surface area contributed by atoms with Crippen molar-refractivity contribution in [3.8, 4) is 0 Å². The molecule has 0 aromatic heterocycles. The van der Waals surface area contributed by atoms with E-state index in [0.29, 0.717) is 23.7 Å². The van der Waals surface area contributed by atoms with E-state index in [1.54, 1.807) is 19.2 Å².